The summed E-state index contributed by atoms with van der Waals surface area (Å²) in [4.78, 5) is 75.6. The fourth-order valence-corrected chi connectivity index (χ4v) is 9.71. The van der Waals surface area contributed by atoms with Crippen molar-refractivity contribution < 1.29 is 41.9 Å². The van der Waals surface area contributed by atoms with Gasteiger partial charge in [0.2, 0.25) is 23.7 Å². The number of benzene rings is 3. The molecule has 1 unspecified atom stereocenters. The summed E-state index contributed by atoms with van der Waals surface area (Å²) in [5, 5.41) is 14.2. The van der Waals surface area contributed by atoms with Gasteiger partial charge in [0, 0.05) is 25.2 Å². The lowest BCUT2D eigenvalue weighted by Gasteiger charge is -2.33. The Bertz CT molecular complexity index is 2660. The van der Waals surface area contributed by atoms with Crippen LogP contribution in [0.5, 0.6) is 5.75 Å². The number of fused-ring (bicyclic) bond motifs is 1. The number of halogens is 1. The third-order valence-electron chi connectivity index (χ3n) is 11.8. The van der Waals surface area contributed by atoms with Gasteiger partial charge in [-0.2, -0.15) is 4.98 Å². The number of likely N-dealkylation sites (tertiary alicyclic amines) is 1. The molecule has 5 amide bonds. The van der Waals surface area contributed by atoms with E-state index in [0.29, 0.717) is 35.9 Å². The number of nitrogens with one attached hydrogen (secondary N) is 5. The molecule has 4 aromatic rings. The second-order valence-electron chi connectivity index (χ2n) is 17.2. The van der Waals surface area contributed by atoms with Gasteiger partial charge in [-0.3, -0.25) is 39.1 Å². The van der Waals surface area contributed by atoms with E-state index >= 15 is 0 Å². The van der Waals surface area contributed by atoms with E-state index in [1.807, 2.05) is 19.9 Å². The number of carbonyl (C=O) groups is 5. The minimum absolute atomic E-state index is 0.0422. The predicted molar refractivity (Wildman–Crippen MR) is 253 cm³/mol. The number of aryl methyl sites for hydroxylation is 1. The SMILES string of the molecule is Cc1cc(Nc2ncc(Cl)c(Nc3ccccc3S(=O)(=O)C(C)C)n2)c(OC(C)C)cc1C1CCN(CC(=O)NCCOCCNc2cccc3c2C(=O)N(C2CCC(=O)NC2=O)C3=O)CC1. The molecule has 2 fully saturated rings. The van der Waals surface area contributed by atoms with E-state index in [-0.39, 0.29) is 83.3 Å². The quantitative estimate of drug-likeness (QED) is 0.0559. The van der Waals surface area contributed by atoms with Crippen molar-refractivity contribution in [3.63, 3.8) is 0 Å². The topological polar surface area (TPSA) is 230 Å². The molecule has 3 aliphatic rings. The molecule has 3 aliphatic heterocycles. The van der Waals surface area contributed by atoms with Crippen LogP contribution in [0.25, 0.3) is 0 Å². The molecule has 0 radical (unpaired) electrons. The highest BCUT2D eigenvalue weighted by atomic mass is 35.5. The third-order valence-corrected chi connectivity index (χ3v) is 14.3. The van der Waals surface area contributed by atoms with Crippen molar-refractivity contribution in [2.24, 2.45) is 0 Å². The van der Waals surface area contributed by atoms with Crippen molar-refractivity contribution in [2.45, 2.75) is 88.5 Å². The Morgan fingerprint density at radius 1 is 0.910 bits per heavy atom. The summed E-state index contributed by atoms with van der Waals surface area (Å²) >= 11 is 6.50. The number of hydrogen-bond acceptors (Lipinski definition) is 15. The molecule has 20 heteroatoms. The monoisotopic (exact) mass is 957 g/mol. The van der Waals surface area contributed by atoms with Crippen molar-refractivity contribution in [1.29, 1.82) is 0 Å². The van der Waals surface area contributed by atoms with Crippen LogP contribution in [-0.2, 0) is 29.0 Å². The van der Waals surface area contributed by atoms with Crippen LogP contribution in [0.4, 0.5) is 28.8 Å². The number of rotatable bonds is 19. The lowest BCUT2D eigenvalue weighted by atomic mass is 9.86. The van der Waals surface area contributed by atoms with Crippen molar-refractivity contribution in [3.8, 4) is 5.75 Å². The Morgan fingerprint density at radius 2 is 1.64 bits per heavy atom. The molecule has 18 nitrogen and oxygen atoms in total. The zero-order valence-corrected chi connectivity index (χ0v) is 39.7. The average molecular weight is 959 g/mol. The molecular formula is C47H56ClN9O9S. The molecule has 1 atom stereocenters. The predicted octanol–water partition coefficient (Wildman–Crippen LogP) is 5.72. The number of piperidine rings is 2. The second kappa shape index (κ2) is 21.2. The summed E-state index contributed by atoms with van der Waals surface area (Å²) in [5.41, 5.74) is 4.03. The molecule has 0 spiro atoms. The summed E-state index contributed by atoms with van der Waals surface area (Å²) in [6.45, 7) is 12.1. The van der Waals surface area contributed by atoms with E-state index in [9.17, 15) is 32.4 Å². The van der Waals surface area contributed by atoms with Crippen LogP contribution < -0.4 is 31.3 Å². The van der Waals surface area contributed by atoms with Crippen LogP contribution in [0.1, 0.15) is 91.1 Å². The van der Waals surface area contributed by atoms with Gasteiger partial charge in [-0.1, -0.05) is 29.8 Å². The number of amides is 5. The Balaban J connectivity index is 0.867. The number of nitrogens with zero attached hydrogens (tertiary/aromatic N) is 4. The van der Waals surface area contributed by atoms with Gasteiger partial charge in [0.1, 0.15) is 16.8 Å². The minimum atomic E-state index is -3.60. The van der Waals surface area contributed by atoms with E-state index in [1.54, 1.807) is 50.2 Å². The number of imide groups is 2. The Labute approximate surface area is 394 Å². The van der Waals surface area contributed by atoms with Crippen LogP contribution >= 0.6 is 11.6 Å². The summed E-state index contributed by atoms with van der Waals surface area (Å²) in [6.07, 6.45) is 3.14. The lowest BCUT2D eigenvalue weighted by molar-refractivity contribution is -0.136. The Morgan fingerprint density at radius 3 is 2.37 bits per heavy atom. The molecule has 1 aromatic heterocycles. The van der Waals surface area contributed by atoms with E-state index in [4.69, 9.17) is 21.1 Å². The second-order valence-corrected chi connectivity index (χ2v) is 20.1. The molecule has 2 saturated heterocycles. The van der Waals surface area contributed by atoms with Crippen molar-refractivity contribution in [3.05, 3.63) is 88.1 Å². The summed E-state index contributed by atoms with van der Waals surface area (Å²) < 4.78 is 38.2. The smallest absolute Gasteiger partial charge is 0.264 e. The first kappa shape index (κ1) is 48.8. The Kier molecular flexibility index (Phi) is 15.4. The van der Waals surface area contributed by atoms with Crippen LogP contribution in [0.3, 0.4) is 0 Å². The van der Waals surface area contributed by atoms with E-state index in [2.05, 4.69) is 54.4 Å². The van der Waals surface area contributed by atoms with Gasteiger partial charge in [0.25, 0.3) is 11.8 Å². The van der Waals surface area contributed by atoms with Crippen molar-refractivity contribution >= 4 is 79.8 Å². The molecule has 3 aromatic carbocycles. The van der Waals surface area contributed by atoms with Crippen LogP contribution in [0, 0.1) is 6.92 Å². The van der Waals surface area contributed by atoms with Gasteiger partial charge in [-0.05, 0) is 120 Å². The number of ether oxygens (including phenoxy) is 2. The number of carbonyl (C=O) groups excluding carboxylic acids is 5. The largest absolute Gasteiger partial charge is 0.489 e. The first-order valence-electron chi connectivity index (χ1n) is 22.4. The molecule has 4 heterocycles. The normalized spacial score (nSPS) is 16.9. The number of aromatic nitrogens is 2. The average Bonchev–Trinajstić information content (AvgIpc) is 3.54. The minimum Gasteiger partial charge on any atom is -0.489 e. The summed E-state index contributed by atoms with van der Waals surface area (Å²) in [5.74, 6) is -1.02. The lowest BCUT2D eigenvalue weighted by Crippen LogP contribution is -2.54. The van der Waals surface area contributed by atoms with E-state index in [0.717, 1.165) is 42.0 Å². The molecule has 0 saturated carbocycles. The maximum absolute atomic E-state index is 13.3. The van der Waals surface area contributed by atoms with Crippen LogP contribution in [-0.4, -0.2) is 121 Å². The van der Waals surface area contributed by atoms with Crippen LogP contribution in [0.15, 0.2) is 65.7 Å². The molecular weight excluding hydrogens is 902 g/mol. The fourth-order valence-electron chi connectivity index (χ4n) is 8.37. The van der Waals surface area contributed by atoms with Crippen LogP contribution in [0.2, 0.25) is 5.02 Å². The standard InChI is InChI=1S/C47H56ClN9O9S/c1-27(2)66-38-24-32(29(5)23-36(38)53-47-51-25-33(48)43(55-47)52-34-10-6-7-12-39(34)67(63,64)28(3)4)30-15-19-56(20-16-30)26-41(59)50-18-22-65-21-17-49-35-11-8-9-31-42(35)46(62)57(45(31)61)37-13-14-40(58)54-44(37)60/h6-12,23-25,27-28,30,37,49H,13-22,26H2,1-5H3,(H,50,59)(H,54,58,60)(H2,51,52,53,55). The van der Waals surface area contributed by atoms with E-state index < -0.39 is 44.8 Å². The zero-order valence-electron chi connectivity index (χ0n) is 38.1. The highest BCUT2D eigenvalue weighted by Gasteiger charge is 2.45. The van der Waals surface area contributed by atoms with Gasteiger partial charge < -0.3 is 30.7 Å². The summed E-state index contributed by atoms with van der Waals surface area (Å²) in [6, 6.07) is 14.5. The molecule has 67 heavy (non-hydrogen) atoms. The number of para-hydroxylation sites is 1. The summed E-state index contributed by atoms with van der Waals surface area (Å²) in [7, 11) is -3.60. The van der Waals surface area contributed by atoms with Gasteiger partial charge in [-0.15, -0.1) is 0 Å². The number of hydrogen-bond donors (Lipinski definition) is 5. The highest BCUT2D eigenvalue weighted by Crippen LogP contribution is 2.39. The highest BCUT2D eigenvalue weighted by molar-refractivity contribution is 7.92. The number of anilines is 5. The molecule has 356 valence electrons. The van der Waals surface area contributed by atoms with Gasteiger partial charge in [-0.25, -0.2) is 13.4 Å². The fraction of sp³-hybridized carbons (Fsp3) is 0.426. The maximum Gasteiger partial charge on any atom is 0.264 e. The molecule has 0 aliphatic carbocycles. The first-order chi connectivity index (χ1) is 32.0. The maximum atomic E-state index is 13.3. The number of sulfone groups is 1. The van der Waals surface area contributed by atoms with Crippen molar-refractivity contribution in [2.75, 3.05) is 61.9 Å². The van der Waals surface area contributed by atoms with Gasteiger partial charge >= 0.3 is 0 Å². The van der Waals surface area contributed by atoms with Gasteiger partial charge in [0.15, 0.2) is 15.7 Å². The third kappa shape index (κ3) is 11.3. The molecule has 0 bridgehead atoms. The zero-order chi connectivity index (χ0) is 48.0. The van der Waals surface area contributed by atoms with Gasteiger partial charge in [0.05, 0.1) is 64.7 Å². The molecule has 7 rings (SSSR count). The van der Waals surface area contributed by atoms with Crippen molar-refractivity contribution in [1.82, 2.24) is 30.4 Å². The van der Waals surface area contributed by atoms with E-state index in [1.165, 1.54) is 12.3 Å². The first-order valence-corrected chi connectivity index (χ1v) is 24.3. The molecule has 5 N–H and O–H groups in total. The Hall–Kier alpha value is -6.15.